The summed E-state index contributed by atoms with van der Waals surface area (Å²) in [5.74, 6) is -0.302. The Morgan fingerprint density at radius 1 is 1.00 bits per heavy atom. The number of nitrogens with zero attached hydrogens (tertiary/aromatic N) is 3. The number of aromatic nitrogens is 3. The number of amides is 1. The topological polar surface area (TPSA) is 67.8 Å². The van der Waals surface area contributed by atoms with Crippen molar-refractivity contribution >= 4 is 55.7 Å². The summed E-state index contributed by atoms with van der Waals surface area (Å²) in [6, 6.07) is 15.4. The summed E-state index contributed by atoms with van der Waals surface area (Å²) < 4.78 is 2.15. The number of benzene rings is 2. The molecule has 0 bridgehead atoms. The number of fused-ring (bicyclic) bond motifs is 1. The molecule has 0 unspecified atom stereocenters. The molecule has 0 radical (unpaired) electrons. The van der Waals surface area contributed by atoms with Gasteiger partial charge in [-0.1, -0.05) is 12.1 Å². The SMILES string of the molecule is O=C(Nc1ccc(I)cc1)c1nccnc1-c1nc2ccccc2s1. The number of hydrogen-bond donors (Lipinski definition) is 1. The number of nitrogens with one attached hydrogen (secondary N) is 1. The molecule has 7 heteroatoms. The third-order valence-electron chi connectivity index (χ3n) is 3.51. The summed E-state index contributed by atoms with van der Waals surface area (Å²) in [5.41, 5.74) is 2.36. The van der Waals surface area contributed by atoms with Crippen molar-refractivity contribution in [2.24, 2.45) is 0 Å². The zero-order chi connectivity index (χ0) is 17.2. The van der Waals surface area contributed by atoms with Gasteiger partial charge in [0.1, 0.15) is 10.7 Å². The number of carbonyl (C=O) groups excluding carboxylic acids is 1. The summed E-state index contributed by atoms with van der Waals surface area (Å²) in [6.45, 7) is 0. The Hall–Kier alpha value is -2.39. The maximum atomic E-state index is 12.7. The fourth-order valence-electron chi connectivity index (χ4n) is 2.36. The van der Waals surface area contributed by atoms with Crippen LogP contribution < -0.4 is 5.32 Å². The second-order valence-electron chi connectivity index (χ2n) is 5.20. The molecule has 2 aromatic heterocycles. The molecule has 0 fully saturated rings. The number of halogens is 1. The molecule has 4 rings (SSSR count). The lowest BCUT2D eigenvalue weighted by atomic mass is 10.2. The highest BCUT2D eigenvalue weighted by molar-refractivity contribution is 14.1. The summed E-state index contributed by atoms with van der Waals surface area (Å²) in [5, 5.41) is 3.54. The van der Waals surface area contributed by atoms with Crippen molar-refractivity contribution in [3.8, 4) is 10.7 Å². The molecule has 0 aliphatic heterocycles. The van der Waals surface area contributed by atoms with Crippen LogP contribution in [0, 0.1) is 3.57 Å². The molecule has 0 aliphatic carbocycles. The molecule has 4 aromatic rings. The third-order valence-corrected chi connectivity index (χ3v) is 5.27. The molecule has 0 aliphatic rings. The van der Waals surface area contributed by atoms with Gasteiger partial charge in [-0.3, -0.25) is 4.79 Å². The van der Waals surface area contributed by atoms with Crippen LogP contribution in [0.3, 0.4) is 0 Å². The second-order valence-corrected chi connectivity index (χ2v) is 7.48. The molecule has 2 aromatic carbocycles. The molecule has 0 atom stereocenters. The Morgan fingerprint density at radius 3 is 2.56 bits per heavy atom. The molecule has 1 N–H and O–H groups in total. The first-order chi connectivity index (χ1) is 12.2. The van der Waals surface area contributed by atoms with Gasteiger partial charge in [-0.25, -0.2) is 15.0 Å². The van der Waals surface area contributed by atoms with E-state index in [1.807, 2.05) is 48.5 Å². The number of para-hydroxylation sites is 1. The van der Waals surface area contributed by atoms with E-state index in [0.717, 1.165) is 13.8 Å². The van der Waals surface area contributed by atoms with E-state index in [9.17, 15) is 4.79 Å². The molecular formula is C18H11IN4OS. The minimum atomic E-state index is -0.302. The monoisotopic (exact) mass is 458 g/mol. The highest BCUT2D eigenvalue weighted by Crippen LogP contribution is 2.30. The average molecular weight is 458 g/mol. The Balaban J connectivity index is 1.70. The standard InChI is InChI=1S/C18H11IN4OS/c19-11-5-7-12(8-6-11)22-17(24)15-16(21-10-9-20-15)18-23-13-3-1-2-4-14(13)25-18/h1-10H,(H,22,24). The lowest BCUT2D eigenvalue weighted by Gasteiger charge is -2.07. The van der Waals surface area contributed by atoms with Gasteiger partial charge in [0.2, 0.25) is 0 Å². The first-order valence-electron chi connectivity index (χ1n) is 7.44. The lowest BCUT2D eigenvalue weighted by Crippen LogP contribution is -2.15. The van der Waals surface area contributed by atoms with E-state index in [-0.39, 0.29) is 11.6 Å². The first-order valence-corrected chi connectivity index (χ1v) is 9.34. The largest absolute Gasteiger partial charge is 0.321 e. The van der Waals surface area contributed by atoms with Crippen molar-refractivity contribution in [3.05, 3.63) is 70.2 Å². The lowest BCUT2D eigenvalue weighted by molar-refractivity contribution is 0.102. The summed E-state index contributed by atoms with van der Waals surface area (Å²) in [6.07, 6.45) is 3.09. The van der Waals surface area contributed by atoms with Crippen LogP contribution in [-0.2, 0) is 0 Å². The average Bonchev–Trinajstić information content (AvgIpc) is 3.07. The normalized spacial score (nSPS) is 10.8. The first kappa shape index (κ1) is 16.1. The highest BCUT2D eigenvalue weighted by atomic mass is 127. The zero-order valence-electron chi connectivity index (χ0n) is 12.8. The van der Waals surface area contributed by atoms with Gasteiger partial charge >= 0.3 is 0 Å². The van der Waals surface area contributed by atoms with E-state index in [0.29, 0.717) is 16.4 Å². The summed E-state index contributed by atoms with van der Waals surface area (Å²) in [7, 11) is 0. The molecule has 0 saturated carbocycles. The van der Waals surface area contributed by atoms with Crippen molar-refractivity contribution in [2.75, 3.05) is 5.32 Å². The minimum absolute atomic E-state index is 0.264. The molecule has 2 heterocycles. The van der Waals surface area contributed by atoms with Crippen LogP contribution in [0.15, 0.2) is 60.9 Å². The van der Waals surface area contributed by atoms with Gasteiger partial charge in [-0.15, -0.1) is 11.3 Å². The Morgan fingerprint density at radius 2 is 1.76 bits per heavy atom. The number of hydrogen-bond acceptors (Lipinski definition) is 5. The van der Waals surface area contributed by atoms with Crippen LogP contribution in [0.25, 0.3) is 20.9 Å². The van der Waals surface area contributed by atoms with Gasteiger partial charge in [0.25, 0.3) is 5.91 Å². The van der Waals surface area contributed by atoms with E-state index >= 15 is 0 Å². The van der Waals surface area contributed by atoms with Crippen LogP contribution in [0.4, 0.5) is 5.69 Å². The predicted octanol–water partition coefficient (Wildman–Crippen LogP) is 4.61. The van der Waals surface area contributed by atoms with Gasteiger partial charge in [-0.05, 0) is 59.0 Å². The van der Waals surface area contributed by atoms with Crippen molar-refractivity contribution in [3.63, 3.8) is 0 Å². The fourth-order valence-corrected chi connectivity index (χ4v) is 3.68. The fraction of sp³-hybridized carbons (Fsp3) is 0. The van der Waals surface area contributed by atoms with Gasteiger partial charge in [0, 0.05) is 21.7 Å². The van der Waals surface area contributed by atoms with Crippen LogP contribution >= 0.6 is 33.9 Å². The van der Waals surface area contributed by atoms with Crippen LogP contribution in [-0.4, -0.2) is 20.9 Å². The summed E-state index contributed by atoms with van der Waals surface area (Å²) >= 11 is 3.71. The molecule has 0 saturated heterocycles. The zero-order valence-corrected chi connectivity index (χ0v) is 15.8. The highest BCUT2D eigenvalue weighted by Gasteiger charge is 2.18. The third kappa shape index (κ3) is 3.38. The Kier molecular flexibility index (Phi) is 4.41. The molecule has 25 heavy (non-hydrogen) atoms. The Bertz CT molecular complexity index is 1030. The maximum absolute atomic E-state index is 12.7. The number of anilines is 1. The van der Waals surface area contributed by atoms with Gasteiger partial charge in [-0.2, -0.15) is 0 Å². The van der Waals surface area contributed by atoms with E-state index in [4.69, 9.17) is 0 Å². The van der Waals surface area contributed by atoms with Crippen LogP contribution in [0.1, 0.15) is 10.5 Å². The molecule has 0 spiro atoms. The van der Waals surface area contributed by atoms with Crippen LogP contribution in [0.5, 0.6) is 0 Å². The predicted molar refractivity (Wildman–Crippen MR) is 108 cm³/mol. The van der Waals surface area contributed by atoms with Crippen molar-refractivity contribution in [1.82, 2.24) is 15.0 Å². The number of rotatable bonds is 3. The number of carbonyl (C=O) groups is 1. The van der Waals surface area contributed by atoms with E-state index in [1.165, 1.54) is 17.5 Å². The number of thiazole rings is 1. The second kappa shape index (κ2) is 6.85. The van der Waals surface area contributed by atoms with Crippen molar-refractivity contribution < 1.29 is 4.79 Å². The summed E-state index contributed by atoms with van der Waals surface area (Å²) in [4.78, 5) is 25.8. The van der Waals surface area contributed by atoms with Gasteiger partial charge in [0.05, 0.1) is 10.2 Å². The Labute approximate surface area is 161 Å². The molecule has 5 nitrogen and oxygen atoms in total. The quantitative estimate of drug-likeness (QED) is 0.456. The van der Waals surface area contributed by atoms with E-state index < -0.39 is 0 Å². The van der Waals surface area contributed by atoms with Crippen molar-refractivity contribution in [1.29, 1.82) is 0 Å². The molecule has 122 valence electrons. The van der Waals surface area contributed by atoms with Crippen LogP contribution in [0.2, 0.25) is 0 Å². The van der Waals surface area contributed by atoms with E-state index in [2.05, 4.69) is 42.9 Å². The maximum Gasteiger partial charge on any atom is 0.276 e. The van der Waals surface area contributed by atoms with Gasteiger partial charge < -0.3 is 5.32 Å². The van der Waals surface area contributed by atoms with Crippen molar-refractivity contribution in [2.45, 2.75) is 0 Å². The molecule has 1 amide bonds. The van der Waals surface area contributed by atoms with Gasteiger partial charge in [0.15, 0.2) is 5.69 Å². The smallest absolute Gasteiger partial charge is 0.276 e. The minimum Gasteiger partial charge on any atom is -0.321 e. The molecular weight excluding hydrogens is 447 g/mol. The van der Waals surface area contributed by atoms with E-state index in [1.54, 1.807) is 6.20 Å².